The van der Waals surface area contributed by atoms with Crippen molar-refractivity contribution in [3.05, 3.63) is 65.8 Å². The first-order valence-electron chi connectivity index (χ1n) is 8.21. The molecule has 1 atom stereocenters. The number of amides is 1. The topological polar surface area (TPSA) is 80.9 Å². The lowest BCUT2D eigenvalue weighted by molar-refractivity contribution is -0.121. The van der Waals surface area contributed by atoms with E-state index in [-0.39, 0.29) is 11.9 Å². The fraction of sp³-hybridized carbons (Fsp3) is 0.263. The van der Waals surface area contributed by atoms with Crippen molar-refractivity contribution in [2.45, 2.75) is 32.7 Å². The van der Waals surface area contributed by atoms with Crippen molar-refractivity contribution in [1.82, 2.24) is 20.4 Å². The summed E-state index contributed by atoms with van der Waals surface area (Å²) < 4.78 is 5.24. The molecule has 0 spiro atoms. The van der Waals surface area contributed by atoms with E-state index in [0.29, 0.717) is 24.6 Å². The number of rotatable bonds is 6. The first-order valence-corrected chi connectivity index (χ1v) is 8.21. The van der Waals surface area contributed by atoms with Crippen LogP contribution in [0.4, 0.5) is 0 Å². The van der Waals surface area contributed by atoms with Gasteiger partial charge in [0, 0.05) is 30.8 Å². The minimum Gasteiger partial charge on any atom is -0.350 e. The third kappa shape index (κ3) is 4.50. The Hall–Kier alpha value is -3.02. The summed E-state index contributed by atoms with van der Waals surface area (Å²) in [6.45, 7) is 3.95. The fourth-order valence-corrected chi connectivity index (χ4v) is 2.43. The van der Waals surface area contributed by atoms with Crippen molar-refractivity contribution in [3.8, 4) is 11.4 Å². The highest BCUT2D eigenvalue weighted by atomic mass is 16.5. The lowest BCUT2D eigenvalue weighted by Gasteiger charge is -2.13. The number of nitrogens with zero attached hydrogens (tertiary/aromatic N) is 3. The van der Waals surface area contributed by atoms with E-state index in [1.54, 1.807) is 12.4 Å². The second kappa shape index (κ2) is 7.70. The molecule has 1 N–H and O–H groups in total. The zero-order valence-electron chi connectivity index (χ0n) is 14.3. The maximum atomic E-state index is 12.1. The largest absolute Gasteiger partial charge is 0.350 e. The van der Waals surface area contributed by atoms with Gasteiger partial charge in [-0.15, -0.1) is 0 Å². The lowest BCUT2D eigenvalue weighted by Crippen LogP contribution is -2.26. The van der Waals surface area contributed by atoms with Crippen LogP contribution in [0, 0.1) is 6.92 Å². The molecule has 0 saturated carbocycles. The average molecular weight is 336 g/mol. The summed E-state index contributed by atoms with van der Waals surface area (Å²) in [4.78, 5) is 20.5. The SMILES string of the molecule is Cc1ccc(-c2noc(CCC(=O)N[C@@H](C)c3cccnc3)n2)cc1. The second-order valence-electron chi connectivity index (χ2n) is 5.95. The van der Waals surface area contributed by atoms with Crippen LogP contribution in [-0.4, -0.2) is 21.0 Å². The Bertz CT molecular complexity index is 828. The molecule has 25 heavy (non-hydrogen) atoms. The van der Waals surface area contributed by atoms with Crippen LogP contribution in [0.15, 0.2) is 53.3 Å². The van der Waals surface area contributed by atoms with Crippen molar-refractivity contribution in [2.24, 2.45) is 0 Å². The van der Waals surface area contributed by atoms with Crippen LogP contribution in [0.3, 0.4) is 0 Å². The number of hydrogen-bond acceptors (Lipinski definition) is 5. The predicted octanol–water partition coefficient (Wildman–Crippen LogP) is 3.25. The highest BCUT2D eigenvalue weighted by Crippen LogP contribution is 2.17. The molecule has 128 valence electrons. The molecular weight excluding hydrogens is 316 g/mol. The number of aromatic nitrogens is 3. The van der Waals surface area contributed by atoms with Crippen LogP contribution in [0.5, 0.6) is 0 Å². The number of pyridine rings is 1. The normalized spacial score (nSPS) is 11.9. The summed E-state index contributed by atoms with van der Waals surface area (Å²) in [5.74, 6) is 0.935. The Morgan fingerprint density at radius 2 is 2.04 bits per heavy atom. The molecule has 0 unspecified atom stereocenters. The molecule has 0 saturated heterocycles. The maximum Gasteiger partial charge on any atom is 0.227 e. The van der Waals surface area contributed by atoms with Crippen molar-refractivity contribution in [3.63, 3.8) is 0 Å². The number of hydrogen-bond donors (Lipinski definition) is 1. The Labute approximate surface area is 146 Å². The number of carbonyl (C=O) groups is 1. The molecule has 3 rings (SSSR count). The molecule has 0 aliphatic carbocycles. The molecule has 1 amide bonds. The second-order valence-corrected chi connectivity index (χ2v) is 5.95. The zero-order chi connectivity index (χ0) is 17.6. The maximum absolute atomic E-state index is 12.1. The van der Waals surface area contributed by atoms with Crippen molar-refractivity contribution < 1.29 is 9.32 Å². The quantitative estimate of drug-likeness (QED) is 0.747. The van der Waals surface area contributed by atoms with Gasteiger partial charge in [-0.05, 0) is 25.5 Å². The van der Waals surface area contributed by atoms with Gasteiger partial charge >= 0.3 is 0 Å². The Kier molecular flexibility index (Phi) is 5.18. The van der Waals surface area contributed by atoms with Gasteiger partial charge in [0.25, 0.3) is 0 Å². The first kappa shape index (κ1) is 16.8. The number of aryl methyl sites for hydroxylation is 2. The van der Waals surface area contributed by atoms with Gasteiger partial charge in [-0.25, -0.2) is 0 Å². The zero-order valence-corrected chi connectivity index (χ0v) is 14.3. The van der Waals surface area contributed by atoms with E-state index < -0.39 is 0 Å². The molecule has 0 aliphatic rings. The minimum atomic E-state index is -0.0907. The summed E-state index contributed by atoms with van der Waals surface area (Å²) in [7, 11) is 0. The summed E-state index contributed by atoms with van der Waals surface area (Å²) in [5.41, 5.74) is 3.04. The molecule has 0 radical (unpaired) electrons. The van der Waals surface area contributed by atoms with Gasteiger partial charge in [0.15, 0.2) is 0 Å². The smallest absolute Gasteiger partial charge is 0.227 e. The van der Waals surface area contributed by atoms with Gasteiger partial charge in [0.1, 0.15) is 0 Å². The van der Waals surface area contributed by atoms with Gasteiger partial charge in [-0.1, -0.05) is 41.1 Å². The lowest BCUT2D eigenvalue weighted by atomic mass is 10.1. The Morgan fingerprint density at radius 3 is 2.76 bits per heavy atom. The molecule has 2 heterocycles. The molecule has 1 aromatic carbocycles. The third-order valence-electron chi connectivity index (χ3n) is 3.91. The monoisotopic (exact) mass is 336 g/mol. The number of nitrogens with one attached hydrogen (secondary N) is 1. The van der Waals surface area contributed by atoms with Gasteiger partial charge in [-0.2, -0.15) is 4.98 Å². The summed E-state index contributed by atoms with van der Waals surface area (Å²) in [5, 5.41) is 6.92. The molecule has 0 bridgehead atoms. The summed E-state index contributed by atoms with van der Waals surface area (Å²) >= 11 is 0. The van der Waals surface area contributed by atoms with Crippen molar-refractivity contribution in [2.75, 3.05) is 0 Å². The molecule has 3 aromatic rings. The number of carbonyl (C=O) groups excluding carboxylic acids is 1. The molecule has 6 nitrogen and oxygen atoms in total. The van der Waals surface area contributed by atoms with Crippen LogP contribution in [0.2, 0.25) is 0 Å². The van der Waals surface area contributed by atoms with Gasteiger partial charge in [-0.3, -0.25) is 9.78 Å². The molecule has 6 heteroatoms. The van der Waals surface area contributed by atoms with Crippen LogP contribution < -0.4 is 5.32 Å². The van der Waals surface area contributed by atoms with Gasteiger partial charge < -0.3 is 9.84 Å². The highest BCUT2D eigenvalue weighted by molar-refractivity contribution is 5.76. The van der Waals surface area contributed by atoms with E-state index >= 15 is 0 Å². The average Bonchev–Trinajstić information content (AvgIpc) is 3.10. The molecule has 0 aliphatic heterocycles. The van der Waals surface area contributed by atoms with Gasteiger partial charge in [0.05, 0.1) is 6.04 Å². The predicted molar refractivity (Wildman–Crippen MR) is 93.6 cm³/mol. The van der Waals surface area contributed by atoms with E-state index in [9.17, 15) is 4.79 Å². The van der Waals surface area contributed by atoms with Gasteiger partial charge in [0.2, 0.25) is 17.6 Å². The van der Waals surface area contributed by atoms with E-state index in [1.807, 2.05) is 50.2 Å². The Balaban J connectivity index is 1.53. The number of benzene rings is 1. The Morgan fingerprint density at radius 1 is 1.24 bits per heavy atom. The van der Waals surface area contributed by atoms with E-state index in [1.165, 1.54) is 5.56 Å². The molecular formula is C19H20N4O2. The van der Waals surface area contributed by atoms with Crippen molar-refractivity contribution in [1.29, 1.82) is 0 Å². The van der Waals surface area contributed by atoms with E-state index in [4.69, 9.17) is 4.52 Å². The van der Waals surface area contributed by atoms with Crippen LogP contribution in [0.25, 0.3) is 11.4 Å². The first-order chi connectivity index (χ1) is 12.1. The van der Waals surface area contributed by atoms with E-state index in [2.05, 4.69) is 20.4 Å². The molecule has 2 aromatic heterocycles. The van der Waals surface area contributed by atoms with Crippen LogP contribution in [-0.2, 0) is 11.2 Å². The summed E-state index contributed by atoms with van der Waals surface area (Å²) in [6, 6.07) is 11.6. The minimum absolute atomic E-state index is 0.0635. The fourth-order valence-electron chi connectivity index (χ4n) is 2.43. The van der Waals surface area contributed by atoms with E-state index in [0.717, 1.165) is 11.1 Å². The molecule has 0 fully saturated rings. The summed E-state index contributed by atoms with van der Waals surface area (Å²) in [6.07, 6.45) is 4.15. The van der Waals surface area contributed by atoms with Crippen LogP contribution in [0.1, 0.15) is 36.4 Å². The van der Waals surface area contributed by atoms with Crippen molar-refractivity contribution >= 4 is 5.91 Å². The van der Waals surface area contributed by atoms with Crippen LogP contribution >= 0.6 is 0 Å². The third-order valence-corrected chi connectivity index (χ3v) is 3.91. The standard InChI is InChI=1S/C19H20N4O2/c1-13-5-7-15(8-6-13)19-22-18(25-23-19)10-9-17(24)21-14(2)16-4-3-11-20-12-16/h3-8,11-12,14H,9-10H2,1-2H3,(H,21,24)/t14-/m0/s1. The highest BCUT2D eigenvalue weighted by Gasteiger charge is 2.13.